The van der Waals surface area contributed by atoms with Gasteiger partial charge in [-0.25, -0.2) is 0 Å². The van der Waals surface area contributed by atoms with Gasteiger partial charge < -0.3 is 0 Å². The molecule has 0 aromatic heterocycles. The first kappa shape index (κ1) is 13.0. The number of thiol groups is 1. The van der Waals surface area contributed by atoms with Crippen molar-refractivity contribution in [2.45, 2.75) is 19.3 Å². The molecule has 1 aromatic carbocycles. The second kappa shape index (κ2) is 7.23. The molecule has 16 heavy (non-hydrogen) atoms. The highest BCUT2D eigenvalue weighted by molar-refractivity contribution is 7.81. The average molecular weight is 235 g/mol. The van der Waals surface area contributed by atoms with Crippen LogP contribution in [0, 0.1) is 5.92 Å². The Kier molecular flexibility index (Phi) is 5.86. The van der Waals surface area contributed by atoms with Crippen LogP contribution in [0.3, 0.4) is 0 Å². The zero-order chi connectivity index (χ0) is 11.8. The van der Waals surface area contributed by atoms with Gasteiger partial charge in [0.25, 0.3) is 0 Å². The largest absolute Gasteiger partial charge is 0.298 e. The van der Waals surface area contributed by atoms with Gasteiger partial charge in [-0.05, 0) is 24.8 Å². The fourth-order valence-electron chi connectivity index (χ4n) is 1.55. The summed E-state index contributed by atoms with van der Waals surface area (Å²) in [5, 5.41) is 0. The van der Waals surface area contributed by atoms with E-state index in [0.29, 0.717) is 6.42 Å². The van der Waals surface area contributed by atoms with Gasteiger partial charge in [-0.3, -0.25) is 9.59 Å². The summed E-state index contributed by atoms with van der Waals surface area (Å²) in [4.78, 5) is 21.8. The molecule has 0 N–H and O–H groups in total. The summed E-state index contributed by atoms with van der Waals surface area (Å²) in [5.41, 5.74) is 1.23. The summed E-state index contributed by atoms with van der Waals surface area (Å²) < 4.78 is 0. The van der Waals surface area contributed by atoms with Crippen LogP contribution in [-0.4, -0.2) is 17.8 Å². The number of rotatable bonds is 7. The van der Waals surface area contributed by atoms with Crippen LogP contribution >= 0.6 is 12.6 Å². The van der Waals surface area contributed by atoms with E-state index in [-0.39, 0.29) is 11.5 Å². The Bertz CT molecular complexity index is 335. The van der Waals surface area contributed by atoms with Gasteiger partial charge in [-0.1, -0.05) is 30.3 Å². The van der Waals surface area contributed by atoms with E-state index < -0.39 is 5.92 Å². The van der Waals surface area contributed by atoms with Gasteiger partial charge in [-0.2, -0.15) is 12.6 Å². The van der Waals surface area contributed by atoms with Crippen LogP contribution < -0.4 is 0 Å². The molecule has 1 atom stereocenters. The normalized spacial score (nSPS) is 12.1. The zero-order valence-corrected chi connectivity index (χ0v) is 9.95. The highest BCUT2D eigenvalue weighted by Gasteiger charge is 2.16. The van der Waals surface area contributed by atoms with Gasteiger partial charge in [0.1, 0.15) is 0 Å². The zero-order valence-electron chi connectivity index (χ0n) is 9.06. The predicted octanol–water partition coefficient (Wildman–Crippen LogP) is 2.23. The molecule has 0 amide bonds. The molecule has 3 heteroatoms. The first-order chi connectivity index (χ1) is 7.77. The number of Topliss-reactive ketones (excluding diaryl/α,β-unsaturated/α-hetero) is 1. The Morgan fingerprint density at radius 1 is 1.31 bits per heavy atom. The van der Waals surface area contributed by atoms with Crippen LogP contribution in [-0.2, 0) is 16.0 Å². The predicted molar refractivity (Wildman–Crippen MR) is 67.4 cm³/mol. The molecule has 0 aliphatic heterocycles. The van der Waals surface area contributed by atoms with Gasteiger partial charge in [-0.15, -0.1) is 0 Å². The van der Waals surface area contributed by atoms with Crippen LogP contribution in [0.4, 0.5) is 0 Å². The van der Waals surface area contributed by atoms with Gasteiger partial charge in [0.15, 0.2) is 5.78 Å². The second-order valence-corrected chi connectivity index (χ2v) is 3.99. The van der Waals surface area contributed by atoms with Crippen LogP contribution in [0.25, 0.3) is 0 Å². The smallest absolute Gasteiger partial charge is 0.209 e. The fourth-order valence-corrected chi connectivity index (χ4v) is 1.77. The first-order valence-electron chi connectivity index (χ1n) is 5.33. The number of carbonyl (C=O) groups excluding carboxylic acids is 2. The maximum atomic E-state index is 11.2. The molecule has 0 aliphatic carbocycles. The summed E-state index contributed by atoms with van der Waals surface area (Å²) in [7, 11) is 0. The monoisotopic (exact) mass is 235 g/mol. The second-order valence-electron chi connectivity index (χ2n) is 3.67. The van der Waals surface area contributed by atoms with Gasteiger partial charge in [0.2, 0.25) is 6.29 Å². The number of aryl methyl sites for hydroxylation is 1. The van der Waals surface area contributed by atoms with Crippen molar-refractivity contribution in [2.75, 3.05) is 5.75 Å². The molecular formula is C13H15O2S. The molecule has 1 aromatic rings. The minimum Gasteiger partial charge on any atom is -0.298 e. The molecule has 1 radical (unpaired) electrons. The molecule has 1 unspecified atom stereocenters. The molecule has 0 heterocycles. The molecule has 0 aliphatic rings. The van der Waals surface area contributed by atoms with E-state index >= 15 is 0 Å². The van der Waals surface area contributed by atoms with Crippen molar-refractivity contribution in [1.82, 2.24) is 0 Å². The van der Waals surface area contributed by atoms with Crippen molar-refractivity contribution in [3.05, 3.63) is 35.9 Å². The van der Waals surface area contributed by atoms with E-state index in [2.05, 4.69) is 12.6 Å². The Labute approximate surface area is 101 Å². The van der Waals surface area contributed by atoms with E-state index in [1.54, 1.807) is 6.29 Å². The number of ketones is 1. The summed E-state index contributed by atoms with van der Waals surface area (Å²) >= 11 is 3.87. The third-order valence-electron chi connectivity index (χ3n) is 2.49. The van der Waals surface area contributed by atoms with Gasteiger partial charge in [0, 0.05) is 5.75 Å². The Morgan fingerprint density at radius 2 is 2.00 bits per heavy atom. The first-order valence-corrected chi connectivity index (χ1v) is 5.96. The summed E-state index contributed by atoms with van der Waals surface area (Å²) in [5.74, 6) is -0.613. The molecule has 0 spiro atoms. The van der Waals surface area contributed by atoms with Crippen LogP contribution in [0.5, 0.6) is 0 Å². The van der Waals surface area contributed by atoms with Crippen LogP contribution in [0.2, 0.25) is 0 Å². The van der Waals surface area contributed by atoms with E-state index in [9.17, 15) is 9.59 Å². The fraction of sp³-hybridized carbons (Fsp3) is 0.385. The quantitative estimate of drug-likeness (QED) is 0.581. The van der Waals surface area contributed by atoms with Crippen molar-refractivity contribution in [3.8, 4) is 0 Å². The van der Waals surface area contributed by atoms with Gasteiger partial charge in [0.05, 0.1) is 5.92 Å². The summed E-state index contributed by atoms with van der Waals surface area (Å²) in [6.45, 7) is 0. The number of hydrogen-bond donors (Lipinski definition) is 1. The molecule has 2 nitrogen and oxygen atoms in total. The van der Waals surface area contributed by atoms with Crippen molar-refractivity contribution in [2.24, 2.45) is 5.92 Å². The maximum absolute atomic E-state index is 11.2. The van der Waals surface area contributed by atoms with Crippen molar-refractivity contribution in [1.29, 1.82) is 0 Å². The van der Waals surface area contributed by atoms with E-state index in [4.69, 9.17) is 0 Å². The van der Waals surface area contributed by atoms with E-state index in [1.165, 1.54) is 5.56 Å². The standard InChI is InChI=1S/C13H15O2S/c14-9-12(13(15)10-16)8-4-7-11-5-2-1-3-6-11/h1-3,5-6,12,16H,4,7-8,10H2. The Hall–Kier alpha value is -1.09. The molecule has 1 rings (SSSR count). The average Bonchev–Trinajstić information content (AvgIpc) is 2.35. The summed E-state index contributed by atoms with van der Waals surface area (Å²) in [6, 6.07) is 10.0. The topological polar surface area (TPSA) is 34.1 Å². The minimum atomic E-state index is -0.596. The lowest BCUT2D eigenvalue weighted by Gasteiger charge is -2.06. The molecule has 0 saturated carbocycles. The SMILES string of the molecule is O=[C]C(CCCc1ccccc1)C(=O)CS. The molecule has 0 saturated heterocycles. The van der Waals surface area contributed by atoms with Crippen LogP contribution in [0.15, 0.2) is 30.3 Å². The maximum Gasteiger partial charge on any atom is 0.209 e. The number of hydrogen-bond acceptors (Lipinski definition) is 3. The molecule has 85 valence electrons. The van der Waals surface area contributed by atoms with E-state index in [1.807, 2.05) is 30.3 Å². The lowest BCUT2D eigenvalue weighted by atomic mass is 9.98. The minimum absolute atomic E-state index is 0.116. The van der Waals surface area contributed by atoms with E-state index in [0.717, 1.165) is 12.8 Å². The Morgan fingerprint density at radius 3 is 2.56 bits per heavy atom. The third-order valence-corrected chi connectivity index (χ3v) is 2.80. The molecule has 0 fully saturated rings. The van der Waals surface area contributed by atoms with Crippen LogP contribution in [0.1, 0.15) is 18.4 Å². The Balaban J connectivity index is 2.34. The lowest BCUT2D eigenvalue weighted by molar-refractivity contribution is -0.118. The highest BCUT2D eigenvalue weighted by atomic mass is 32.1. The lowest BCUT2D eigenvalue weighted by Crippen LogP contribution is -2.17. The number of carbonyl (C=O) groups is 1. The van der Waals surface area contributed by atoms with Crippen molar-refractivity contribution < 1.29 is 9.59 Å². The number of benzene rings is 1. The summed E-state index contributed by atoms with van der Waals surface area (Å²) in [6.07, 6.45) is 4.07. The highest BCUT2D eigenvalue weighted by Crippen LogP contribution is 2.10. The molecular weight excluding hydrogens is 220 g/mol. The third kappa shape index (κ3) is 4.19. The van der Waals surface area contributed by atoms with Gasteiger partial charge >= 0.3 is 0 Å². The van der Waals surface area contributed by atoms with Crippen molar-refractivity contribution in [3.63, 3.8) is 0 Å². The van der Waals surface area contributed by atoms with Crippen molar-refractivity contribution >= 4 is 24.7 Å². The molecule has 0 bridgehead atoms.